The van der Waals surface area contributed by atoms with Crippen LogP contribution in [-0.2, 0) is 0 Å². The van der Waals surface area contributed by atoms with Crippen LogP contribution >= 0.6 is 11.3 Å². The number of alkyl halides is 2. The molecule has 2 aliphatic rings. The van der Waals surface area contributed by atoms with E-state index in [-0.39, 0.29) is 29.3 Å². The summed E-state index contributed by atoms with van der Waals surface area (Å²) in [5.41, 5.74) is 1.14. The van der Waals surface area contributed by atoms with E-state index in [1.807, 2.05) is 14.0 Å². The monoisotopic (exact) mass is 523 g/mol. The van der Waals surface area contributed by atoms with Crippen LogP contribution in [0.2, 0.25) is 0 Å². The maximum Gasteiger partial charge on any atom is 0.327 e. The van der Waals surface area contributed by atoms with Crippen molar-refractivity contribution < 1.29 is 13.6 Å². The second kappa shape index (κ2) is 9.71. The van der Waals surface area contributed by atoms with Crippen LogP contribution in [0.3, 0.4) is 0 Å². The van der Waals surface area contributed by atoms with Gasteiger partial charge in [-0.25, -0.2) is 0 Å². The van der Waals surface area contributed by atoms with Crippen LogP contribution in [0.25, 0.3) is 16.6 Å². The second-order valence-electron chi connectivity index (χ2n) is 9.45. The number of carbonyl (C=O) groups is 1. The molecule has 37 heavy (non-hydrogen) atoms. The molecule has 4 heterocycles. The lowest BCUT2D eigenvalue weighted by molar-refractivity contribution is 0.0669. The molecule has 1 unspecified atom stereocenters. The molecule has 1 fully saturated rings. The average Bonchev–Trinajstić information content (AvgIpc) is 3.39. The molecule has 0 saturated carbocycles. The maximum atomic E-state index is 15.6. The second-order valence-corrected chi connectivity index (χ2v) is 10.5. The molecule has 0 radical (unpaired) electrons. The van der Waals surface area contributed by atoms with Gasteiger partial charge in [0, 0.05) is 43.9 Å². The fourth-order valence-electron chi connectivity index (χ4n) is 4.62. The van der Waals surface area contributed by atoms with E-state index in [2.05, 4.69) is 15.0 Å². The molecule has 5 rings (SSSR count). The number of carbonyl (C=O) groups excluding carboxylic acids is 1. The highest BCUT2D eigenvalue weighted by Crippen LogP contribution is 2.39. The number of amides is 1. The summed E-state index contributed by atoms with van der Waals surface area (Å²) in [5.74, 6) is -5.01. The molecular weight excluding hydrogens is 496 g/mol. The van der Waals surface area contributed by atoms with Gasteiger partial charge in [-0.15, -0.1) is 11.3 Å². The lowest BCUT2D eigenvalue weighted by atomic mass is 9.85. The molecule has 2 N–H and O–H groups in total. The van der Waals surface area contributed by atoms with Gasteiger partial charge in [-0.2, -0.15) is 18.6 Å². The molecule has 1 amide bonds. The van der Waals surface area contributed by atoms with Gasteiger partial charge in [0.05, 0.1) is 15.4 Å². The minimum Gasteiger partial charge on any atom is -0.335 e. The number of nitrogens with one attached hydrogen (secondary N) is 2. The van der Waals surface area contributed by atoms with Crippen LogP contribution in [0.5, 0.6) is 0 Å². The Balaban J connectivity index is 1.42. The first-order valence-electron chi connectivity index (χ1n) is 12.0. The predicted molar refractivity (Wildman–Crippen MR) is 138 cm³/mol. The minimum atomic E-state index is -3.63. The van der Waals surface area contributed by atoms with Crippen LogP contribution < -0.4 is 5.49 Å². The van der Waals surface area contributed by atoms with Crippen molar-refractivity contribution in [2.24, 2.45) is 0 Å². The summed E-state index contributed by atoms with van der Waals surface area (Å²) < 4.78 is 31.9. The number of piperazine rings is 1. The van der Waals surface area contributed by atoms with Gasteiger partial charge in [-0.05, 0) is 55.4 Å². The Labute approximate surface area is 216 Å². The van der Waals surface area contributed by atoms with Gasteiger partial charge in [-0.3, -0.25) is 20.6 Å². The molecule has 1 aliphatic heterocycles. The molecule has 3 aromatic heterocycles. The van der Waals surface area contributed by atoms with Gasteiger partial charge in [-0.1, -0.05) is 13.0 Å². The molecule has 192 valence electrons. The summed E-state index contributed by atoms with van der Waals surface area (Å²) >= 11 is 1.22. The maximum absolute atomic E-state index is 15.6. The van der Waals surface area contributed by atoms with Gasteiger partial charge < -0.3 is 9.80 Å². The number of hydrogen-bond donors (Lipinski definition) is 2. The Morgan fingerprint density at radius 1 is 1.14 bits per heavy atom. The highest BCUT2D eigenvalue weighted by atomic mass is 32.1. The van der Waals surface area contributed by atoms with Gasteiger partial charge in [0.1, 0.15) is 11.2 Å². The van der Waals surface area contributed by atoms with Crippen molar-refractivity contribution in [1.82, 2.24) is 24.6 Å². The van der Waals surface area contributed by atoms with Crippen molar-refractivity contribution in [3.05, 3.63) is 69.8 Å². The van der Waals surface area contributed by atoms with E-state index in [4.69, 9.17) is 10.8 Å². The molecule has 8 nitrogen and oxygen atoms in total. The molecule has 3 aromatic rings. The number of hydrogen-bond acceptors (Lipinski definition) is 7. The first kappa shape index (κ1) is 25.1. The van der Waals surface area contributed by atoms with E-state index in [1.165, 1.54) is 23.5 Å². The van der Waals surface area contributed by atoms with Crippen LogP contribution in [-0.4, -0.2) is 75.5 Å². The Morgan fingerprint density at radius 2 is 1.89 bits per heavy atom. The summed E-state index contributed by atoms with van der Waals surface area (Å²) in [4.78, 5) is 22.3. The van der Waals surface area contributed by atoms with Crippen molar-refractivity contribution in [2.75, 3.05) is 33.2 Å². The molecule has 0 aromatic carbocycles. The molecule has 0 spiro atoms. The van der Waals surface area contributed by atoms with Crippen LogP contribution in [0.15, 0.2) is 48.2 Å². The zero-order chi connectivity index (χ0) is 26.3. The quantitative estimate of drug-likeness (QED) is 0.400. The first-order valence-corrected chi connectivity index (χ1v) is 12.8. The zero-order valence-electron chi connectivity index (χ0n) is 20.5. The largest absolute Gasteiger partial charge is 0.335 e. The number of aromatic nitrogens is 3. The highest BCUT2D eigenvalue weighted by molar-refractivity contribution is 7.17. The van der Waals surface area contributed by atoms with E-state index in [0.29, 0.717) is 38.8 Å². The smallest absolute Gasteiger partial charge is 0.327 e. The lowest BCUT2D eigenvalue weighted by Crippen LogP contribution is -2.46. The molecule has 1 saturated heterocycles. The van der Waals surface area contributed by atoms with E-state index < -0.39 is 11.8 Å². The number of halogens is 2. The number of nitrogens with zero attached hydrogens (tertiary/aromatic N) is 5. The Bertz CT molecular complexity index is 1450. The van der Waals surface area contributed by atoms with Crippen molar-refractivity contribution in [3.8, 4) is 10.6 Å². The molecule has 11 heteroatoms. The fraction of sp³-hybridized carbons (Fsp3) is 0.346. The average molecular weight is 524 g/mol. The molecular formula is C26H27F2N7OS. The lowest BCUT2D eigenvalue weighted by Gasteiger charge is -2.32. The van der Waals surface area contributed by atoms with E-state index in [1.54, 1.807) is 41.4 Å². The third kappa shape index (κ3) is 4.76. The van der Waals surface area contributed by atoms with Gasteiger partial charge in [0.15, 0.2) is 5.84 Å². The van der Waals surface area contributed by atoms with E-state index in [0.717, 1.165) is 18.8 Å². The standard InChI is InChI=1S/C26H27F2N7OS/c1-16-14-18(15-17-4-3-9-31-23(16)17)26(27,28)25(30)35-22(29)8-5-19(32-35)20-6-7-21(37-20)24(36)34-12-10-33(2)11-13-34/h3-9,15-16,29-30H,10-14H2,1-2H3. The summed E-state index contributed by atoms with van der Waals surface area (Å²) in [5, 5.41) is 20.8. The minimum absolute atomic E-state index is 0.0513. The predicted octanol–water partition coefficient (Wildman–Crippen LogP) is 3.93. The fourth-order valence-corrected chi connectivity index (χ4v) is 5.56. The topological polar surface area (TPSA) is 102 Å². The Hall–Kier alpha value is -3.57. The van der Waals surface area contributed by atoms with Crippen LogP contribution in [0, 0.1) is 10.8 Å². The molecule has 1 atom stereocenters. The van der Waals surface area contributed by atoms with Crippen molar-refractivity contribution in [2.45, 2.75) is 25.2 Å². The van der Waals surface area contributed by atoms with Crippen molar-refractivity contribution in [3.63, 3.8) is 0 Å². The van der Waals surface area contributed by atoms with Crippen molar-refractivity contribution in [1.29, 1.82) is 10.8 Å². The van der Waals surface area contributed by atoms with Crippen LogP contribution in [0.4, 0.5) is 8.78 Å². The van der Waals surface area contributed by atoms with Gasteiger partial charge in [0.25, 0.3) is 5.91 Å². The molecule has 0 bridgehead atoms. The number of allylic oxidation sites excluding steroid dienone is 1. The summed E-state index contributed by atoms with van der Waals surface area (Å²) in [7, 11) is 2.02. The van der Waals surface area contributed by atoms with Gasteiger partial charge >= 0.3 is 5.92 Å². The number of rotatable bonds is 4. The summed E-state index contributed by atoms with van der Waals surface area (Å²) in [6, 6.07) is 9.75. The number of likely N-dealkylation sites (N-methyl/N-ethyl adjacent to an activating group) is 1. The summed E-state index contributed by atoms with van der Waals surface area (Å²) in [6.45, 7) is 4.75. The molecule has 1 aliphatic carbocycles. The van der Waals surface area contributed by atoms with E-state index >= 15 is 8.78 Å². The Morgan fingerprint density at radius 3 is 2.65 bits per heavy atom. The Kier molecular flexibility index (Phi) is 6.59. The number of fused-ring (bicyclic) bond motifs is 1. The zero-order valence-corrected chi connectivity index (χ0v) is 21.4. The van der Waals surface area contributed by atoms with Crippen LogP contribution in [0.1, 0.15) is 40.2 Å². The van der Waals surface area contributed by atoms with Gasteiger partial charge in [0.2, 0.25) is 0 Å². The highest BCUT2D eigenvalue weighted by Gasteiger charge is 2.43. The normalized spacial score (nSPS) is 18.3. The first-order chi connectivity index (χ1) is 17.6. The SMILES string of the molecule is CC1CC(C(F)(F)C(=N)n2nc(-c3ccc(C(=O)N4CCN(C)CC4)s3)ccc2=N)=Cc2cccnc21. The number of pyridine rings is 1. The third-order valence-corrected chi connectivity index (χ3v) is 7.90. The number of thiophene rings is 1. The third-order valence-electron chi connectivity index (χ3n) is 6.80. The van der Waals surface area contributed by atoms with Crippen molar-refractivity contribution >= 4 is 29.2 Å². The van der Waals surface area contributed by atoms with E-state index in [9.17, 15) is 4.79 Å². The summed E-state index contributed by atoms with van der Waals surface area (Å²) in [6.07, 6.45) is 3.08.